The zero-order valence-corrected chi connectivity index (χ0v) is 12.0. The second-order valence-electron chi connectivity index (χ2n) is 4.99. The van der Waals surface area contributed by atoms with E-state index in [9.17, 15) is 9.59 Å². The number of fused-ring (bicyclic) bond motifs is 1. The molecule has 110 valence electrons. The highest BCUT2D eigenvalue weighted by molar-refractivity contribution is 5.77. The van der Waals surface area contributed by atoms with Crippen LogP contribution in [-0.2, 0) is 11.3 Å². The molecule has 0 amide bonds. The van der Waals surface area contributed by atoms with Crippen LogP contribution in [0.2, 0.25) is 0 Å². The van der Waals surface area contributed by atoms with Crippen LogP contribution in [-0.4, -0.2) is 15.5 Å². The summed E-state index contributed by atoms with van der Waals surface area (Å²) in [5, 5.41) is 0.480. The third kappa shape index (κ3) is 2.88. The Morgan fingerprint density at radius 3 is 2.82 bits per heavy atom. The molecule has 0 aliphatic heterocycles. The smallest absolute Gasteiger partial charge is 0.331 e. The highest BCUT2D eigenvalue weighted by Crippen LogP contribution is 2.12. The van der Waals surface area contributed by atoms with E-state index in [1.165, 1.54) is 10.9 Å². The van der Waals surface area contributed by atoms with Crippen molar-refractivity contribution < 1.29 is 9.53 Å². The highest BCUT2D eigenvalue weighted by atomic mass is 16.5. The molecule has 3 aromatic rings. The molecular formula is C17H14N2O3. The Labute approximate surface area is 126 Å². The Hall–Kier alpha value is -2.95. The van der Waals surface area contributed by atoms with E-state index in [0.29, 0.717) is 16.7 Å². The van der Waals surface area contributed by atoms with Gasteiger partial charge in [-0.2, -0.15) is 0 Å². The molecule has 0 bridgehead atoms. The van der Waals surface area contributed by atoms with E-state index >= 15 is 0 Å². The second kappa shape index (κ2) is 5.81. The summed E-state index contributed by atoms with van der Waals surface area (Å²) in [5.74, 6) is -0.0448. The van der Waals surface area contributed by atoms with Crippen LogP contribution in [0.1, 0.15) is 5.56 Å². The summed E-state index contributed by atoms with van der Waals surface area (Å²) in [5.41, 5.74) is 1.34. The first-order chi connectivity index (χ1) is 10.6. The van der Waals surface area contributed by atoms with Gasteiger partial charge in [-0.1, -0.05) is 24.3 Å². The van der Waals surface area contributed by atoms with Crippen LogP contribution >= 0.6 is 0 Å². The van der Waals surface area contributed by atoms with Crippen LogP contribution in [0.25, 0.3) is 10.9 Å². The van der Waals surface area contributed by atoms with Crippen molar-refractivity contribution in [1.82, 2.24) is 9.55 Å². The predicted molar refractivity (Wildman–Crippen MR) is 82.8 cm³/mol. The van der Waals surface area contributed by atoms with Gasteiger partial charge in [0, 0.05) is 0 Å². The summed E-state index contributed by atoms with van der Waals surface area (Å²) < 4.78 is 6.49. The van der Waals surface area contributed by atoms with E-state index in [2.05, 4.69) is 4.98 Å². The molecule has 0 aliphatic rings. The van der Waals surface area contributed by atoms with Crippen LogP contribution in [0.3, 0.4) is 0 Å². The number of rotatable bonds is 3. The quantitative estimate of drug-likeness (QED) is 0.549. The molecule has 3 rings (SSSR count). The van der Waals surface area contributed by atoms with E-state index in [0.717, 1.165) is 5.56 Å². The Morgan fingerprint density at radius 1 is 1.18 bits per heavy atom. The monoisotopic (exact) mass is 294 g/mol. The SMILES string of the molecule is Cc1cccc(OC(=O)Cn2cnc3ccccc3c2=O)c1. The fraction of sp³-hybridized carbons (Fsp3) is 0.118. The number of benzene rings is 2. The lowest BCUT2D eigenvalue weighted by atomic mass is 10.2. The van der Waals surface area contributed by atoms with Crippen LogP contribution in [0.5, 0.6) is 5.75 Å². The van der Waals surface area contributed by atoms with E-state index in [-0.39, 0.29) is 12.1 Å². The van der Waals surface area contributed by atoms with Crippen molar-refractivity contribution in [2.24, 2.45) is 0 Å². The van der Waals surface area contributed by atoms with Crippen LogP contribution in [0, 0.1) is 6.92 Å². The van der Waals surface area contributed by atoms with E-state index in [1.54, 1.807) is 30.3 Å². The number of hydrogen-bond acceptors (Lipinski definition) is 4. The van der Waals surface area contributed by atoms with Crippen molar-refractivity contribution in [2.75, 3.05) is 0 Å². The van der Waals surface area contributed by atoms with Crippen molar-refractivity contribution in [3.05, 3.63) is 70.8 Å². The molecule has 1 heterocycles. The maximum atomic E-state index is 12.3. The molecule has 0 spiro atoms. The number of carbonyl (C=O) groups is 1. The second-order valence-corrected chi connectivity index (χ2v) is 4.99. The average molecular weight is 294 g/mol. The number of hydrogen-bond donors (Lipinski definition) is 0. The van der Waals surface area contributed by atoms with Gasteiger partial charge in [0.2, 0.25) is 0 Å². The summed E-state index contributed by atoms with van der Waals surface area (Å²) in [6.07, 6.45) is 1.36. The molecule has 0 atom stereocenters. The summed E-state index contributed by atoms with van der Waals surface area (Å²) >= 11 is 0. The van der Waals surface area contributed by atoms with Gasteiger partial charge in [0.05, 0.1) is 17.2 Å². The Morgan fingerprint density at radius 2 is 2.00 bits per heavy atom. The zero-order valence-electron chi connectivity index (χ0n) is 12.0. The number of ether oxygens (including phenoxy) is 1. The molecule has 1 aromatic heterocycles. The molecule has 0 aliphatic carbocycles. The maximum Gasteiger partial charge on any atom is 0.331 e. The topological polar surface area (TPSA) is 61.2 Å². The Balaban J connectivity index is 1.82. The number of aryl methyl sites for hydroxylation is 1. The number of aromatic nitrogens is 2. The molecule has 5 heteroatoms. The van der Waals surface area contributed by atoms with Gasteiger partial charge in [0.15, 0.2) is 0 Å². The number of carbonyl (C=O) groups excluding carboxylic acids is 1. The van der Waals surface area contributed by atoms with Crippen LogP contribution < -0.4 is 10.3 Å². The molecule has 0 fully saturated rings. The molecule has 22 heavy (non-hydrogen) atoms. The molecule has 5 nitrogen and oxygen atoms in total. The number of esters is 1. The van der Waals surface area contributed by atoms with Gasteiger partial charge in [-0.25, -0.2) is 9.78 Å². The largest absolute Gasteiger partial charge is 0.425 e. The van der Waals surface area contributed by atoms with Gasteiger partial charge in [0.25, 0.3) is 5.56 Å². The highest BCUT2D eigenvalue weighted by Gasteiger charge is 2.10. The lowest BCUT2D eigenvalue weighted by molar-refractivity contribution is -0.135. The Bertz CT molecular complexity index is 900. The Kier molecular flexibility index (Phi) is 3.70. The standard InChI is InChI=1S/C17H14N2O3/c1-12-5-4-6-13(9-12)22-16(20)10-19-11-18-15-8-3-2-7-14(15)17(19)21/h2-9,11H,10H2,1H3. The fourth-order valence-corrected chi connectivity index (χ4v) is 2.20. The molecule has 0 saturated heterocycles. The first kappa shape index (κ1) is 14.0. The van der Waals surface area contributed by atoms with Crippen molar-refractivity contribution in [3.8, 4) is 5.75 Å². The third-order valence-corrected chi connectivity index (χ3v) is 3.25. The minimum absolute atomic E-state index is 0.176. The zero-order chi connectivity index (χ0) is 15.5. The molecule has 0 unspecified atom stereocenters. The number of para-hydroxylation sites is 1. The third-order valence-electron chi connectivity index (χ3n) is 3.25. The minimum Gasteiger partial charge on any atom is -0.425 e. The normalized spacial score (nSPS) is 10.6. The van der Waals surface area contributed by atoms with Gasteiger partial charge >= 0.3 is 5.97 Å². The minimum atomic E-state index is -0.509. The number of nitrogens with zero attached hydrogens (tertiary/aromatic N) is 2. The first-order valence-electron chi connectivity index (χ1n) is 6.85. The fourth-order valence-electron chi connectivity index (χ4n) is 2.20. The molecule has 2 aromatic carbocycles. The van der Waals surface area contributed by atoms with E-state index in [1.807, 2.05) is 25.1 Å². The van der Waals surface area contributed by atoms with Gasteiger partial charge in [-0.05, 0) is 36.8 Å². The van der Waals surface area contributed by atoms with Gasteiger partial charge in [0.1, 0.15) is 12.3 Å². The molecule has 0 saturated carbocycles. The van der Waals surface area contributed by atoms with E-state index < -0.39 is 5.97 Å². The van der Waals surface area contributed by atoms with Crippen molar-refractivity contribution in [3.63, 3.8) is 0 Å². The van der Waals surface area contributed by atoms with Gasteiger partial charge in [-0.3, -0.25) is 9.36 Å². The van der Waals surface area contributed by atoms with Crippen LogP contribution in [0.15, 0.2) is 59.7 Å². The molecule has 0 N–H and O–H groups in total. The summed E-state index contributed by atoms with van der Waals surface area (Å²) in [7, 11) is 0. The summed E-state index contributed by atoms with van der Waals surface area (Å²) in [6.45, 7) is 1.74. The van der Waals surface area contributed by atoms with Crippen molar-refractivity contribution in [1.29, 1.82) is 0 Å². The lowest BCUT2D eigenvalue weighted by Crippen LogP contribution is -2.26. The van der Waals surface area contributed by atoms with Gasteiger partial charge < -0.3 is 4.74 Å². The maximum absolute atomic E-state index is 12.3. The molecular weight excluding hydrogens is 280 g/mol. The van der Waals surface area contributed by atoms with Gasteiger partial charge in [-0.15, -0.1) is 0 Å². The van der Waals surface area contributed by atoms with Crippen molar-refractivity contribution >= 4 is 16.9 Å². The van der Waals surface area contributed by atoms with Crippen LogP contribution in [0.4, 0.5) is 0 Å². The first-order valence-corrected chi connectivity index (χ1v) is 6.85. The van der Waals surface area contributed by atoms with E-state index in [4.69, 9.17) is 4.74 Å². The molecule has 0 radical (unpaired) electrons. The summed E-state index contributed by atoms with van der Waals surface area (Å²) in [4.78, 5) is 28.4. The predicted octanol–water partition coefficient (Wildman–Crippen LogP) is 2.31. The summed E-state index contributed by atoms with van der Waals surface area (Å²) in [6, 6.07) is 14.2. The average Bonchev–Trinajstić information content (AvgIpc) is 2.50. The van der Waals surface area contributed by atoms with Crippen molar-refractivity contribution in [2.45, 2.75) is 13.5 Å². The lowest BCUT2D eigenvalue weighted by Gasteiger charge is -2.07.